The van der Waals surface area contributed by atoms with Gasteiger partial charge in [-0.15, -0.1) is 0 Å². The lowest BCUT2D eigenvalue weighted by atomic mass is 10.5. The third-order valence-electron chi connectivity index (χ3n) is 2.35. The minimum Gasteiger partial charge on any atom is -0.357 e. The Morgan fingerprint density at radius 2 is 2.14 bits per heavy atom. The molecule has 0 aliphatic rings. The van der Waals surface area contributed by atoms with E-state index in [1.165, 1.54) is 29.1 Å². The third kappa shape index (κ3) is 3.26. The molecule has 0 amide bonds. The van der Waals surface area contributed by atoms with Gasteiger partial charge in [0.25, 0.3) is 5.95 Å². The van der Waals surface area contributed by atoms with Gasteiger partial charge >= 0.3 is 0 Å². The quantitative estimate of drug-likeness (QED) is 0.776. The molecule has 3 heterocycles. The molecule has 3 aromatic heterocycles. The van der Waals surface area contributed by atoms with Crippen molar-refractivity contribution >= 4 is 29.3 Å². The van der Waals surface area contributed by atoms with Gasteiger partial charge in [0.2, 0.25) is 11.1 Å². The predicted molar refractivity (Wildman–Crippen MR) is 77.7 cm³/mol. The van der Waals surface area contributed by atoms with Crippen LogP contribution in [0.4, 0.5) is 5.95 Å². The van der Waals surface area contributed by atoms with Crippen LogP contribution in [0.5, 0.6) is 0 Å². The first-order valence-electron chi connectivity index (χ1n) is 5.83. The Labute approximate surface area is 129 Å². The van der Waals surface area contributed by atoms with Gasteiger partial charge in [-0.2, -0.15) is 24.7 Å². The van der Waals surface area contributed by atoms with Crippen LogP contribution in [-0.2, 0) is 0 Å². The fourth-order valence-corrected chi connectivity index (χ4v) is 2.23. The summed E-state index contributed by atoms with van der Waals surface area (Å²) in [5.41, 5.74) is 0. The fourth-order valence-electron chi connectivity index (χ4n) is 1.43. The second-order valence-electron chi connectivity index (χ2n) is 3.75. The summed E-state index contributed by atoms with van der Waals surface area (Å²) >= 11 is 7.12. The van der Waals surface area contributed by atoms with Crippen LogP contribution in [0.2, 0.25) is 5.02 Å². The molecule has 0 saturated heterocycles. The van der Waals surface area contributed by atoms with Crippen molar-refractivity contribution in [3.63, 3.8) is 0 Å². The molecule has 106 valence electrons. The highest BCUT2D eigenvalue weighted by atomic mass is 35.5. The van der Waals surface area contributed by atoms with Crippen LogP contribution in [0.3, 0.4) is 0 Å². The first-order chi connectivity index (χ1) is 10.2. The van der Waals surface area contributed by atoms with E-state index >= 15 is 0 Å². The zero-order chi connectivity index (χ0) is 14.7. The van der Waals surface area contributed by atoms with E-state index in [1.54, 1.807) is 25.4 Å². The summed E-state index contributed by atoms with van der Waals surface area (Å²) in [5.74, 6) is 0.815. The lowest BCUT2D eigenvalue weighted by Gasteiger charge is -2.05. The lowest BCUT2D eigenvalue weighted by molar-refractivity contribution is 0.760. The van der Waals surface area contributed by atoms with Gasteiger partial charge in [-0.05, 0) is 23.9 Å². The van der Waals surface area contributed by atoms with E-state index in [0.717, 1.165) is 5.03 Å². The van der Waals surface area contributed by atoms with Crippen LogP contribution in [0.1, 0.15) is 0 Å². The number of rotatable bonds is 4. The number of nitrogens with zero attached hydrogens (tertiary/aromatic N) is 7. The van der Waals surface area contributed by atoms with Gasteiger partial charge in [-0.3, -0.25) is 0 Å². The Morgan fingerprint density at radius 3 is 2.81 bits per heavy atom. The first kappa shape index (κ1) is 13.7. The molecule has 0 atom stereocenters. The van der Waals surface area contributed by atoms with Crippen molar-refractivity contribution in [1.29, 1.82) is 0 Å². The number of halogens is 1. The summed E-state index contributed by atoms with van der Waals surface area (Å²) in [4.78, 5) is 20.9. The predicted octanol–water partition coefficient (Wildman–Crippen LogP) is 1.69. The summed E-state index contributed by atoms with van der Waals surface area (Å²) in [7, 11) is 1.73. The molecular formula is C11H9ClN8S. The van der Waals surface area contributed by atoms with Gasteiger partial charge in [-0.25, -0.2) is 9.97 Å². The molecule has 0 bridgehead atoms. The number of anilines is 1. The summed E-state index contributed by atoms with van der Waals surface area (Å²) in [6, 6.07) is 3.56. The van der Waals surface area contributed by atoms with Crippen molar-refractivity contribution in [3.05, 3.63) is 36.0 Å². The minimum atomic E-state index is 0.378. The maximum Gasteiger partial charge on any atom is 0.257 e. The highest BCUT2D eigenvalue weighted by molar-refractivity contribution is 7.99. The summed E-state index contributed by atoms with van der Waals surface area (Å²) < 4.78 is 1.46. The van der Waals surface area contributed by atoms with Crippen molar-refractivity contribution in [3.8, 4) is 5.95 Å². The topological polar surface area (TPSA) is 94.3 Å². The van der Waals surface area contributed by atoms with Gasteiger partial charge in [0.05, 0.1) is 5.02 Å². The molecule has 3 aromatic rings. The molecule has 8 nitrogen and oxygen atoms in total. The molecule has 0 spiro atoms. The summed E-state index contributed by atoms with van der Waals surface area (Å²) in [6.07, 6.45) is 4.50. The van der Waals surface area contributed by atoms with Crippen LogP contribution in [0.25, 0.3) is 5.95 Å². The average molecular weight is 321 g/mol. The van der Waals surface area contributed by atoms with E-state index in [9.17, 15) is 0 Å². The standard InChI is InChI=1S/C11H9ClN8S/c1-13-9-17-10(20-6-14-5-16-20)19-11(18-9)21-8-3-2-7(12)4-15-8/h2-6H,1H3,(H,13,17,18,19). The molecule has 0 saturated carbocycles. The second-order valence-corrected chi connectivity index (χ2v) is 5.17. The van der Waals surface area contributed by atoms with E-state index < -0.39 is 0 Å². The Balaban J connectivity index is 1.94. The molecule has 0 unspecified atom stereocenters. The molecule has 10 heteroatoms. The van der Waals surface area contributed by atoms with Crippen LogP contribution < -0.4 is 5.32 Å². The van der Waals surface area contributed by atoms with E-state index in [4.69, 9.17) is 11.6 Å². The Kier molecular flexibility index (Phi) is 3.93. The van der Waals surface area contributed by atoms with E-state index in [-0.39, 0.29) is 0 Å². The number of hydrogen-bond acceptors (Lipinski definition) is 8. The molecule has 0 aliphatic heterocycles. The minimum absolute atomic E-state index is 0.378. The molecule has 21 heavy (non-hydrogen) atoms. The smallest absolute Gasteiger partial charge is 0.257 e. The van der Waals surface area contributed by atoms with E-state index in [2.05, 4.69) is 35.3 Å². The fraction of sp³-hybridized carbons (Fsp3) is 0.0909. The first-order valence-corrected chi connectivity index (χ1v) is 7.02. The molecule has 1 N–H and O–H groups in total. The number of hydrogen-bond donors (Lipinski definition) is 1. The average Bonchev–Trinajstić information content (AvgIpc) is 3.04. The zero-order valence-corrected chi connectivity index (χ0v) is 12.4. The monoisotopic (exact) mass is 320 g/mol. The number of pyridine rings is 1. The van der Waals surface area contributed by atoms with Crippen molar-refractivity contribution < 1.29 is 0 Å². The summed E-state index contributed by atoms with van der Waals surface area (Å²) in [6.45, 7) is 0. The van der Waals surface area contributed by atoms with Crippen molar-refractivity contribution in [2.24, 2.45) is 0 Å². The van der Waals surface area contributed by atoms with Gasteiger partial charge in [0.15, 0.2) is 0 Å². The molecule has 0 aromatic carbocycles. The number of nitrogens with one attached hydrogen (secondary N) is 1. The van der Waals surface area contributed by atoms with Crippen LogP contribution in [0.15, 0.2) is 41.2 Å². The highest BCUT2D eigenvalue weighted by Gasteiger charge is 2.10. The number of aromatic nitrogens is 7. The van der Waals surface area contributed by atoms with Crippen molar-refractivity contribution in [1.82, 2.24) is 34.7 Å². The van der Waals surface area contributed by atoms with Crippen molar-refractivity contribution in [2.75, 3.05) is 12.4 Å². The van der Waals surface area contributed by atoms with Gasteiger partial charge in [-0.1, -0.05) is 11.6 Å². The largest absolute Gasteiger partial charge is 0.357 e. The maximum atomic E-state index is 5.81. The third-order valence-corrected chi connectivity index (χ3v) is 3.39. The molecule has 0 fully saturated rings. The Morgan fingerprint density at radius 1 is 1.24 bits per heavy atom. The van der Waals surface area contributed by atoms with Gasteiger partial charge in [0.1, 0.15) is 17.7 Å². The summed E-state index contributed by atoms with van der Waals surface area (Å²) in [5, 5.41) is 8.70. The highest BCUT2D eigenvalue weighted by Crippen LogP contribution is 2.24. The zero-order valence-electron chi connectivity index (χ0n) is 10.8. The SMILES string of the molecule is CNc1nc(Sc2ccc(Cl)cn2)nc(-n2cncn2)n1. The molecule has 3 rings (SSSR count). The van der Waals surface area contributed by atoms with E-state index in [0.29, 0.717) is 22.1 Å². The second kappa shape index (κ2) is 6.02. The van der Waals surface area contributed by atoms with Gasteiger partial charge in [0, 0.05) is 13.2 Å². The van der Waals surface area contributed by atoms with E-state index in [1.807, 2.05) is 0 Å². The molecule has 0 radical (unpaired) electrons. The Hall–Kier alpha value is -2.26. The Bertz CT molecular complexity index is 730. The van der Waals surface area contributed by atoms with Crippen LogP contribution in [0, 0.1) is 0 Å². The normalized spacial score (nSPS) is 10.6. The van der Waals surface area contributed by atoms with Crippen LogP contribution >= 0.6 is 23.4 Å². The molecule has 0 aliphatic carbocycles. The van der Waals surface area contributed by atoms with Crippen LogP contribution in [-0.4, -0.2) is 41.7 Å². The maximum absolute atomic E-state index is 5.81. The van der Waals surface area contributed by atoms with Crippen molar-refractivity contribution in [2.45, 2.75) is 10.2 Å². The lowest BCUT2D eigenvalue weighted by Crippen LogP contribution is -2.07. The molecular weight excluding hydrogens is 312 g/mol. The van der Waals surface area contributed by atoms with Gasteiger partial charge < -0.3 is 5.32 Å².